The number of nitrogens with one attached hydrogen (secondary N) is 1. The predicted molar refractivity (Wildman–Crippen MR) is 69.0 cm³/mol. The highest BCUT2D eigenvalue weighted by atomic mass is 35.5. The zero-order valence-corrected chi connectivity index (χ0v) is 11.0. The fourth-order valence-corrected chi connectivity index (χ4v) is 1.44. The lowest BCUT2D eigenvalue weighted by Gasteiger charge is -2.23. The van der Waals surface area contributed by atoms with Gasteiger partial charge in [0.2, 0.25) is 0 Å². The summed E-state index contributed by atoms with van der Waals surface area (Å²) in [6.07, 6.45) is 0.149. The van der Waals surface area contributed by atoms with Crippen LogP contribution in [0.15, 0.2) is 18.2 Å². The van der Waals surface area contributed by atoms with E-state index in [1.165, 1.54) is 20.1 Å². The van der Waals surface area contributed by atoms with Crippen LogP contribution in [0.25, 0.3) is 0 Å². The molecule has 0 unspecified atom stereocenters. The van der Waals surface area contributed by atoms with Crippen LogP contribution in [-0.4, -0.2) is 28.8 Å². The van der Waals surface area contributed by atoms with E-state index in [2.05, 4.69) is 5.43 Å². The van der Waals surface area contributed by atoms with Crippen LogP contribution in [0.3, 0.4) is 0 Å². The molecule has 0 heterocycles. The number of benzene rings is 1. The number of carbonyl (C=O) groups is 1. The second-order valence-corrected chi connectivity index (χ2v) is 3.96. The van der Waals surface area contributed by atoms with Crippen LogP contribution in [0.2, 0.25) is 0 Å². The van der Waals surface area contributed by atoms with Crippen molar-refractivity contribution in [1.82, 2.24) is 5.43 Å². The molecule has 0 aliphatic heterocycles. The largest absolute Gasteiger partial charge is 0.504 e. The first kappa shape index (κ1) is 16.5. The normalized spacial score (nSPS) is 13.3. The standard InChI is InChI=1S/C11H16N2O4.ClH/c1-11(13-12,10(15)16)6-7-3-4-9(17-2)8(14)5-7;/h3-5,13-14H,6,12H2,1-2H3,(H,15,16);1H/t11-;/m0./s1. The Balaban J connectivity index is 0.00000289. The summed E-state index contributed by atoms with van der Waals surface area (Å²) in [4.78, 5) is 11.0. The van der Waals surface area contributed by atoms with Crippen LogP contribution in [0.4, 0.5) is 0 Å². The van der Waals surface area contributed by atoms with Gasteiger partial charge in [0.15, 0.2) is 11.5 Å². The number of hydrogen-bond acceptors (Lipinski definition) is 5. The van der Waals surface area contributed by atoms with Gasteiger partial charge in [0.05, 0.1) is 7.11 Å². The van der Waals surface area contributed by atoms with E-state index in [1.54, 1.807) is 12.1 Å². The number of aromatic hydroxyl groups is 1. The zero-order chi connectivity index (χ0) is 13.1. The maximum atomic E-state index is 11.0. The van der Waals surface area contributed by atoms with Crippen molar-refractivity contribution in [3.05, 3.63) is 23.8 Å². The van der Waals surface area contributed by atoms with Gasteiger partial charge >= 0.3 is 5.97 Å². The van der Waals surface area contributed by atoms with E-state index < -0.39 is 11.5 Å². The SMILES string of the molecule is COc1ccc(C[C@](C)(NN)C(=O)O)cc1O.Cl. The molecule has 7 heteroatoms. The highest BCUT2D eigenvalue weighted by molar-refractivity contribution is 5.85. The topological polar surface area (TPSA) is 105 Å². The van der Waals surface area contributed by atoms with Gasteiger partial charge in [0.1, 0.15) is 5.54 Å². The van der Waals surface area contributed by atoms with Crippen LogP contribution in [0.1, 0.15) is 12.5 Å². The quantitative estimate of drug-likeness (QED) is 0.465. The third-order valence-electron chi connectivity index (χ3n) is 2.59. The molecule has 1 atom stereocenters. The van der Waals surface area contributed by atoms with Gasteiger partial charge in [-0.1, -0.05) is 6.07 Å². The average Bonchev–Trinajstić information content (AvgIpc) is 2.29. The Hall–Kier alpha value is -1.50. The van der Waals surface area contributed by atoms with Crippen molar-refractivity contribution in [2.45, 2.75) is 18.9 Å². The minimum Gasteiger partial charge on any atom is -0.504 e. The number of methoxy groups -OCH3 is 1. The third kappa shape index (κ3) is 3.49. The maximum Gasteiger partial charge on any atom is 0.325 e. The fourth-order valence-electron chi connectivity index (χ4n) is 1.44. The molecule has 0 saturated carbocycles. The molecule has 0 aromatic heterocycles. The van der Waals surface area contributed by atoms with Crippen molar-refractivity contribution < 1.29 is 19.7 Å². The van der Waals surface area contributed by atoms with Crippen molar-refractivity contribution in [2.75, 3.05) is 7.11 Å². The molecule has 0 amide bonds. The molecule has 0 spiro atoms. The van der Waals surface area contributed by atoms with Gasteiger partial charge < -0.3 is 14.9 Å². The molecule has 0 fully saturated rings. The summed E-state index contributed by atoms with van der Waals surface area (Å²) in [6, 6.07) is 4.71. The lowest BCUT2D eigenvalue weighted by Crippen LogP contribution is -2.54. The van der Waals surface area contributed by atoms with E-state index in [4.69, 9.17) is 15.7 Å². The molecule has 1 aromatic rings. The summed E-state index contributed by atoms with van der Waals surface area (Å²) in [6.45, 7) is 1.47. The lowest BCUT2D eigenvalue weighted by atomic mass is 9.93. The van der Waals surface area contributed by atoms with Crippen LogP contribution in [0, 0.1) is 0 Å². The van der Waals surface area contributed by atoms with Crippen LogP contribution in [0.5, 0.6) is 11.5 Å². The van der Waals surface area contributed by atoms with Crippen molar-refractivity contribution in [3.63, 3.8) is 0 Å². The highest BCUT2D eigenvalue weighted by Crippen LogP contribution is 2.27. The van der Waals surface area contributed by atoms with E-state index >= 15 is 0 Å². The molecular weight excluding hydrogens is 260 g/mol. The fraction of sp³-hybridized carbons (Fsp3) is 0.364. The molecule has 1 rings (SSSR count). The van der Waals surface area contributed by atoms with E-state index in [1.807, 2.05) is 0 Å². The number of ether oxygens (including phenoxy) is 1. The number of hydrazine groups is 1. The summed E-state index contributed by atoms with van der Waals surface area (Å²) in [7, 11) is 1.44. The minimum absolute atomic E-state index is 0. The Bertz CT molecular complexity index is 428. The van der Waals surface area contributed by atoms with Crippen LogP contribution < -0.4 is 16.0 Å². The number of nitrogens with two attached hydrogens (primary N) is 1. The summed E-state index contributed by atoms with van der Waals surface area (Å²) >= 11 is 0. The number of aliphatic carboxylic acids is 1. The number of halogens is 1. The molecule has 0 saturated heterocycles. The molecule has 6 nitrogen and oxygen atoms in total. The monoisotopic (exact) mass is 276 g/mol. The first-order valence-electron chi connectivity index (χ1n) is 5.00. The molecule has 1 aromatic carbocycles. The summed E-state index contributed by atoms with van der Waals surface area (Å²) in [5.74, 6) is 4.48. The summed E-state index contributed by atoms with van der Waals surface area (Å²) < 4.78 is 4.90. The second-order valence-electron chi connectivity index (χ2n) is 3.96. The van der Waals surface area contributed by atoms with E-state index in [9.17, 15) is 9.90 Å². The first-order chi connectivity index (χ1) is 7.92. The van der Waals surface area contributed by atoms with Gasteiger partial charge in [-0.2, -0.15) is 0 Å². The molecule has 0 aliphatic carbocycles. The molecule has 0 radical (unpaired) electrons. The molecule has 18 heavy (non-hydrogen) atoms. The summed E-state index contributed by atoms with van der Waals surface area (Å²) in [5.41, 5.74) is 1.63. The average molecular weight is 277 g/mol. The predicted octanol–water partition coefficient (Wildman–Crippen LogP) is 0.672. The number of phenolic OH excluding ortho intramolecular Hbond substituents is 1. The minimum atomic E-state index is -1.28. The number of carboxylic acids is 1. The van der Waals surface area contributed by atoms with Crippen LogP contribution >= 0.6 is 12.4 Å². The maximum absolute atomic E-state index is 11.0. The number of rotatable bonds is 5. The zero-order valence-electron chi connectivity index (χ0n) is 10.1. The van der Waals surface area contributed by atoms with Crippen LogP contribution in [-0.2, 0) is 11.2 Å². The third-order valence-corrected chi connectivity index (χ3v) is 2.59. The Morgan fingerprint density at radius 3 is 2.56 bits per heavy atom. The van der Waals surface area contributed by atoms with Gasteiger partial charge in [-0.3, -0.25) is 10.6 Å². The van der Waals surface area contributed by atoms with Gasteiger partial charge in [-0.25, -0.2) is 5.43 Å². The van der Waals surface area contributed by atoms with E-state index in [0.29, 0.717) is 11.3 Å². The Labute approximate surface area is 111 Å². The molecule has 0 aliphatic rings. The first-order valence-corrected chi connectivity index (χ1v) is 5.00. The molecular formula is C11H17ClN2O4. The highest BCUT2D eigenvalue weighted by Gasteiger charge is 2.32. The molecule has 5 N–H and O–H groups in total. The Kier molecular flexibility index (Phi) is 5.90. The number of carboxylic acid groups (broad SMARTS) is 1. The lowest BCUT2D eigenvalue weighted by molar-refractivity contribution is -0.144. The Morgan fingerprint density at radius 2 is 2.17 bits per heavy atom. The van der Waals surface area contributed by atoms with Gasteiger partial charge in [-0.15, -0.1) is 12.4 Å². The van der Waals surface area contributed by atoms with Crippen molar-refractivity contribution >= 4 is 18.4 Å². The molecule has 102 valence electrons. The Morgan fingerprint density at radius 1 is 1.56 bits per heavy atom. The number of hydrogen-bond donors (Lipinski definition) is 4. The molecule has 0 bridgehead atoms. The summed E-state index contributed by atoms with van der Waals surface area (Å²) in [5, 5.41) is 18.6. The van der Waals surface area contributed by atoms with Gasteiger partial charge in [0, 0.05) is 6.42 Å². The van der Waals surface area contributed by atoms with E-state index in [-0.39, 0.29) is 24.6 Å². The van der Waals surface area contributed by atoms with Gasteiger partial charge in [0.25, 0.3) is 0 Å². The van der Waals surface area contributed by atoms with Crippen molar-refractivity contribution in [2.24, 2.45) is 5.84 Å². The second kappa shape index (κ2) is 6.44. The van der Waals surface area contributed by atoms with Crippen molar-refractivity contribution in [3.8, 4) is 11.5 Å². The number of phenols is 1. The smallest absolute Gasteiger partial charge is 0.325 e. The van der Waals surface area contributed by atoms with Crippen molar-refractivity contribution in [1.29, 1.82) is 0 Å². The van der Waals surface area contributed by atoms with E-state index in [0.717, 1.165) is 0 Å². The van der Waals surface area contributed by atoms with Gasteiger partial charge in [-0.05, 0) is 24.6 Å².